The fourth-order valence-corrected chi connectivity index (χ4v) is 2.38. The molecule has 2 rings (SSSR count). The minimum Gasteiger partial charge on any atom is -0.393 e. The lowest BCUT2D eigenvalue weighted by molar-refractivity contribution is 0.830. The number of benzene rings is 1. The van der Waals surface area contributed by atoms with Crippen molar-refractivity contribution in [3.8, 4) is 0 Å². The summed E-state index contributed by atoms with van der Waals surface area (Å²) < 4.78 is 0. The normalized spacial score (nSPS) is 10.5. The number of unbranched alkanes of at least 4 members (excludes halogenated alkanes) is 1. The van der Waals surface area contributed by atoms with E-state index in [0.717, 1.165) is 37.4 Å². The molecule has 0 aliphatic heterocycles. The molecule has 0 unspecified atom stereocenters. The van der Waals surface area contributed by atoms with Crippen LogP contribution in [0.25, 0.3) is 0 Å². The summed E-state index contributed by atoms with van der Waals surface area (Å²) in [4.78, 5) is 10.8. The number of aromatic nitrogens is 2. The Morgan fingerprint density at radius 3 is 2.73 bits per heavy atom. The van der Waals surface area contributed by atoms with Crippen LogP contribution in [0.2, 0.25) is 0 Å². The van der Waals surface area contributed by atoms with Crippen molar-refractivity contribution in [3.63, 3.8) is 0 Å². The van der Waals surface area contributed by atoms with Gasteiger partial charge in [0.05, 0.1) is 0 Å². The fraction of sp³-hybridized carbons (Fsp3) is 0.412. The minimum absolute atomic E-state index is 0.599. The predicted octanol–water partition coefficient (Wildman–Crippen LogP) is 3.74. The molecule has 1 aromatic carbocycles. The van der Waals surface area contributed by atoms with Gasteiger partial charge in [-0.3, -0.25) is 0 Å². The standard InChI is InChI=1S/C17H25N5/c1-4-6-10-19-16-15(18)17(21-12-20-16)22(5-2)14-9-7-8-13(3)11-14/h7-9,11-12H,4-6,10,18H2,1-3H3,(H,19,20,21). The van der Waals surface area contributed by atoms with E-state index < -0.39 is 0 Å². The second-order valence-electron chi connectivity index (χ2n) is 5.32. The third-order valence-corrected chi connectivity index (χ3v) is 3.57. The van der Waals surface area contributed by atoms with Gasteiger partial charge in [0.25, 0.3) is 0 Å². The van der Waals surface area contributed by atoms with E-state index in [1.54, 1.807) is 6.33 Å². The van der Waals surface area contributed by atoms with Crippen molar-refractivity contribution in [2.24, 2.45) is 0 Å². The zero-order valence-electron chi connectivity index (χ0n) is 13.6. The van der Waals surface area contributed by atoms with Gasteiger partial charge in [-0.25, -0.2) is 9.97 Å². The number of anilines is 4. The van der Waals surface area contributed by atoms with Gasteiger partial charge in [-0.1, -0.05) is 25.5 Å². The van der Waals surface area contributed by atoms with Gasteiger partial charge in [0, 0.05) is 18.8 Å². The highest BCUT2D eigenvalue weighted by atomic mass is 15.2. The van der Waals surface area contributed by atoms with Gasteiger partial charge >= 0.3 is 0 Å². The molecule has 3 N–H and O–H groups in total. The van der Waals surface area contributed by atoms with E-state index in [0.29, 0.717) is 11.5 Å². The van der Waals surface area contributed by atoms with Crippen LogP contribution >= 0.6 is 0 Å². The number of nitrogens with one attached hydrogen (secondary N) is 1. The van der Waals surface area contributed by atoms with Crippen molar-refractivity contribution in [1.82, 2.24) is 9.97 Å². The van der Waals surface area contributed by atoms with Crippen LogP contribution < -0.4 is 16.0 Å². The van der Waals surface area contributed by atoms with Gasteiger partial charge in [-0.05, 0) is 38.0 Å². The smallest absolute Gasteiger partial charge is 0.161 e. The molecule has 0 spiro atoms. The Balaban J connectivity index is 2.31. The van der Waals surface area contributed by atoms with Crippen LogP contribution in [0.15, 0.2) is 30.6 Å². The lowest BCUT2D eigenvalue weighted by Crippen LogP contribution is -2.20. The number of aryl methyl sites for hydroxylation is 1. The Morgan fingerprint density at radius 2 is 2.05 bits per heavy atom. The summed E-state index contributed by atoms with van der Waals surface area (Å²) in [5.74, 6) is 1.46. The fourth-order valence-electron chi connectivity index (χ4n) is 2.38. The zero-order valence-corrected chi connectivity index (χ0v) is 13.6. The molecule has 5 heteroatoms. The summed E-state index contributed by atoms with van der Waals surface area (Å²) in [6, 6.07) is 8.33. The van der Waals surface area contributed by atoms with Gasteiger partial charge in [-0.15, -0.1) is 0 Å². The first-order chi connectivity index (χ1) is 10.7. The van der Waals surface area contributed by atoms with Gasteiger partial charge in [0.15, 0.2) is 11.6 Å². The summed E-state index contributed by atoms with van der Waals surface area (Å²) in [5.41, 5.74) is 9.19. The van der Waals surface area contributed by atoms with Crippen molar-refractivity contribution in [2.45, 2.75) is 33.6 Å². The molecule has 0 saturated carbocycles. The van der Waals surface area contributed by atoms with Crippen molar-refractivity contribution in [2.75, 3.05) is 29.0 Å². The molecule has 0 aliphatic rings. The molecule has 0 aliphatic carbocycles. The highest BCUT2D eigenvalue weighted by molar-refractivity contribution is 5.79. The Hall–Kier alpha value is -2.30. The largest absolute Gasteiger partial charge is 0.393 e. The zero-order chi connectivity index (χ0) is 15.9. The van der Waals surface area contributed by atoms with E-state index in [-0.39, 0.29) is 0 Å². The lowest BCUT2D eigenvalue weighted by atomic mass is 10.2. The molecule has 0 amide bonds. The van der Waals surface area contributed by atoms with Gasteiger partial charge in [0.1, 0.15) is 12.0 Å². The second-order valence-corrected chi connectivity index (χ2v) is 5.32. The second kappa shape index (κ2) is 7.64. The van der Waals surface area contributed by atoms with Crippen LogP contribution in [-0.4, -0.2) is 23.1 Å². The molecule has 22 heavy (non-hydrogen) atoms. The average molecular weight is 299 g/mol. The van der Waals surface area contributed by atoms with Crippen LogP contribution in [0.5, 0.6) is 0 Å². The number of nitrogens with two attached hydrogens (primary N) is 1. The SMILES string of the molecule is CCCCNc1ncnc(N(CC)c2cccc(C)c2)c1N. The van der Waals surface area contributed by atoms with Crippen LogP contribution in [0.3, 0.4) is 0 Å². The molecule has 5 nitrogen and oxygen atoms in total. The number of hydrogen-bond donors (Lipinski definition) is 2. The number of rotatable bonds is 7. The Morgan fingerprint density at radius 1 is 1.23 bits per heavy atom. The topological polar surface area (TPSA) is 67.1 Å². The van der Waals surface area contributed by atoms with Crippen molar-refractivity contribution in [3.05, 3.63) is 36.2 Å². The summed E-state index contributed by atoms with van der Waals surface area (Å²) in [6.07, 6.45) is 3.79. The van der Waals surface area contributed by atoms with Crippen molar-refractivity contribution < 1.29 is 0 Å². The first kappa shape index (κ1) is 16.1. The highest BCUT2D eigenvalue weighted by Crippen LogP contribution is 2.31. The van der Waals surface area contributed by atoms with E-state index >= 15 is 0 Å². The third kappa shape index (κ3) is 3.67. The van der Waals surface area contributed by atoms with Crippen LogP contribution in [0.1, 0.15) is 32.3 Å². The van der Waals surface area contributed by atoms with Crippen molar-refractivity contribution >= 4 is 23.0 Å². The summed E-state index contributed by atoms with van der Waals surface area (Å²) in [6.45, 7) is 7.99. The maximum absolute atomic E-state index is 6.29. The lowest BCUT2D eigenvalue weighted by Gasteiger charge is -2.24. The number of nitrogens with zero attached hydrogens (tertiary/aromatic N) is 3. The Bertz CT molecular complexity index is 612. The molecule has 0 fully saturated rings. The maximum Gasteiger partial charge on any atom is 0.161 e. The van der Waals surface area contributed by atoms with Crippen LogP contribution in [0.4, 0.5) is 23.0 Å². The maximum atomic E-state index is 6.29. The average Bonchev–Trinajstić information content (AvgIpc) is 2.51. The molecular formula is C17H25N5. The quantitative estimate of drug-likeness (QED) is 0.762. The molecular weight excluding hydrogens is 274 g/mol. The number of hydrogen-bond acceptors (Lipinski definition) is 5. The summed E-state index contributed by atoms with van der Waals surface area (Å²) in [7, 11) is 0. The van der Waals surface area contributed by atoms with Gasteiger partial charge < -0.3 is 16.0 Å². The number of nitrogen functional groups attached to an aromatic ring is 1. The highest BCUT2D eigenvalue weighted by Gasteiger charge is 2.15. The Labute approximate surface area is 132 Å². The Kier molecular flexibility index (Phi) is 5.58. The third-order valence-electron chi connectivity index (χ3n) is 3.57. The summed E-state index contributed by atoms with van der Waals surface area (Å²) in [5, 5.41) is 3.29. The molecule has 1 heterocycles. The first-order valence-corrected chi connectivity index (χ1v) is 7.85. The molecule has 0 saturated heterocycles. The van der Waals surface area contributed by atoms with Gasteiger partial charge in [0.2, 0.25) is 0 Å². The molecule has 2 aromatic rings. The van der Waals surface area contributed by atoms with E-state index in [1.807, 2.05) is 6.07 Å². The van der Waals surface area contributed by atoms with E-state index in [4.69, 9.17) is 5.73 Å². The van der Waals surface area contributed by atoms with Crippen LogP contribution in [0, 0.1) is 6.92 Å². The van der Waals surface area contributed by atoms with Crippen molar-refractivity contribution in [1.29, 1.82) is 0 Å². The first-order valence-electron chi connectivity index (χ1n) is 7.85. The summed E-state index contributed by atoms with van der Waals surface area (Å²) >= 11 is 0. The predicted molar refractivity (Wildman–Crippen MR) is 93.7 cm³/mol. The monoisotopic (exact) mass is 299 g/mol. The van der Waals surface area contributed by atoms with Crippen LogP contribution in [-0.2, 0) is 0 Å². The van der Waals surface area contributed by atoms with E-state index in [2.05, 4.69) is 59.2 Å². The molecule has 1 aromatic heterocycles. The molecule has 0 bridgehead atoms. The minimum atomic E-state index is 0.599. The van der Waals surface area contributed by atoms with E-state index in [1.165, 1.54) is 5.56 Å². The molecule has 0 atom stereocenters. The van der Waals surface area contributed by atoms with Gasteiger partial charge in [-0.2, -0.15) is 0 Å². The van der Waals surface area contributed by atoms with E-state index in [9.17, 15) is 0 Å². The molecule has 118 valence electrons. The molecule has 0 radical (unpaired) electrons.